The third-order valence-corrected chi connectivity index (χ3v) is 6.58. The second-order valence-corrected chi connectivity index (χ2v) is 10.3. The van der Waals surface area contributed by atoms with Gasteiger partial charge in [0.25, 0.3) is 0 Å². The summed E-state index contributed by atoms with van der Waals surface area (Å²) in [6, 6.07) is 6.97. The number of benzene rings is 1. The minimum Gasteiger partial charge on any atom is -0.455 e. The Labute approximate surface area is 181 Å². The van der Waals surface area contributed by atoms with E-state index in [-0.39, 0.29) is 0 Å². The SMILES string of the molecule is CC(C)CC1(OC(=O)c2ccccc2C(=O)OC2(CC(C)C)CCCC2)CCCC1. The molecule has 0 heterocycles. The Kier molecular flexibility index (Phi) is 7.26. The van der Waals surface area contributed by atoms with Gasteiger partial charge in [0.05, 0.1) is 11.1 Å². The van der Waals surface area contributed by atoms with Crippen molar-refractivity contribution in [1.29, 1.82) is 0 Å². The van der Waals surface area contributed by atoms with Crippen molar-refractivity contribution < 1.29 is 19.1 Å². The molecule has 0 amide bonds. The summed E-state index contributed by atoms with van der Waals surface area (Å²) in [5.41, 5.74) is -0.135. The Bertz CT molecular complexity index is 674. The van der Waals surface area contributed by atoms with Crippen LogP contribution in [0.25, 0.3) is 0 Å². The molecule has 166 valence electrons. The molecule has 4 heteroatoms. The summed E-state index contributed by atoms with van der Waals surface area (Å²) < 4.78 is 12.2. The Morgan fingerprint density at radius 2 is 1.07 bits per heavy atom. The molecule has 0 N–H and O–H groups in total. The van der Waals surface area contributed by atoms with Crippen molar-refractivity contribution in [2.75, 3.05) is 0 Å². The molecule has 0 saturated heterocycles. The third-order valence-electron chi connectivity index (χ3n) is 6.58. The summed E-state index contributed by atoms with van der Waals surface area (Å²) in [6.45, 7) is 8.65. The number of hydrogen-bond acceptors (Lipinski definition) is 4. The van der Waals surface area contributed by atoms with E-state index in [9.17, 15) is 9.59 Å². The minimum absolute atomic E-state index is 0.329. The van der Waals surface area contributed by atoms with Crippen molar-refractivity contribution in [3.8, 4) is 0 Å². The first-order valence-electron chi connectivity index (χ1n) is 11.8. The van der Waals surface area contributed by atoms with Gasteiger partial charge in [0.1, 0.15) is 11.2 Å². The third kappa shape index (κ3) is 5.44. The second-order valence-electron chi connectivity index (χ2n) is 10.3. The molecule has 0 bridgehead atoms. The van der Waals surface area contributed by atoms with Crippen LogP contribution < -0.4 is 0 Å². The van der Waals surface area contributed by atoms with Crippen LogP contribution in [0, 0.1) is 11.8 Å². The van der Waals surface area contributed by atoms with Crippen LogP contribution in [-0.2, 0) is 9.47 Å². The van der Waals surface area contributed by atoms with Gasteiger partial charge >= 0.3 is 11.9 Å². The van der Waals surface area contributed by atoms with Gasteiger partial charge in [-0.05, 0) is 88.2 Å². The summed E-state index contributed by atoms with van der Waals surface area (Å²) in [5.74, 6) is 0.118. The molecule has 30 heavy (non-hydrogen) atoms. The number of carbonyl (C=O) groups is 2. The highest BCUT2D eigenvalue weighted by Gasteiger charge is 2.41. The van der Waals surface area contributed by atoms with Gasteiger partial charge in [-0.25, -0.2) is 9.59 Å². The summed E-state index contributed by atoms with van der Waals surface area (Å²) in [6.07, 6.45) is 9.68. The maximum atomic E-state index is 13.2. The summed E-state index contributed by atoms with van der Waals surface area (Å²) >= 11 is 0. The molecular formula is C26H38O4. The molecular weight excluding hydrogens is 376 g/mol. The Balaban J connectivity index is 1.79. The maximum Gasteiger partial charge on any atom is 0.339 e. The first-order chi connectivity index (χ1) is 14.2. The van der Waals surface area contributed by atoms with Crippen LogP contribution in [0.1, 0.15) is 113 Å². The zero-order valence-corrected chi connectivity index (χ0v) is 19.2. The summed E-state index contributed by atoms with van der Waals surface area (Å²) in [7, 11) is 0. The average Bonchev–Trinajstić information content (AvgIpc) is 3.30. The van der Waals surface area contributed by atoms with Gasteiger partial charge < -0.3 is 9.47 Å². The Morgan fingerprint density at radius 1 is 0.733 bits per heavy atom. The summed E-state index contributed by atoms with van der Waals surface area (Å²) in [4.78, 5) is 26.4. The van der Waals surface area contributed by atoms with Gasteiger partial charge in [-0.2, -0.15) is 0 Å². The summed E-state index contributed by atoms with van der Waals surface area (Å²) in [5, 5.41) is 0. The smallest absolute Gasteiger partial charge is 0.339 e. The maximum absolute atomic E-state index is 13.2. The number of ether oxygens (including phenoxy) is 2. The molecule has 0 radical (unpaired) electrons. The lowest BCUT2D eigenvalue weighted by atomic mass is 9.90. The number of hydrogen-bond donors (Lipinski definition) is 0. The zero-order valence-electron chi connectivity index (χ0n) is 19.2. The van der Waals surface area contributed by atoms with Crippen molar-refractivity contribution in [3.63, 3.8) is 0 Å². The van der Waals surface area contributed by atoms with Gasteiger partial charge in [0.15, 0.2) is 0 Å². The molecule has 2 aliphatic rings. The van der Waals surface area contributed by atoms with E-state index in [1.54, 1.807) is 24.3 Å². The minimum atomic E-state index is -0.396. The van der Waals surface area contributed by atoms with Crippen molar-refractivity contribution in [1.82, 2.24) is 0 Å². The van der Waals surface area contributed by atoms with E-state index in [2.05, 4.69) is 27.7 Å². The predicted octanol–water partition coefficient (Wildman–Crippen LogP) is 6.72. The van der Waals surface area contributed by atoms with E-state index in [0.29, 0.717) is 23.0 Å². The van der Waals surface area contributed by atoms with Crippen molar-refractivity contribution in [2.45, 2.75) is 103 Å². The molecule has 3 rings (SSSR count). The molecule has 2 saturated carbocycles. The highest BCUT2D eigenvalue weighted by molar-refractivity contribution is 6.03. The largest absolute Gasteiger partial charge is 0.455 e. The van der Waals surface area contributed by atoms with Crippen molar-refractivity contribution in [3.05, 3.63) is 35.4 Å². The number of esters is 2. The Hall–Kier alpha value is -1.84. The average molecular weight is 415 g/mol. The zero-order chi connectivity index (χ0) is 21.8. The van der Waals surface area contributed by atoms with E-state index >= 15 is 0 Å². The fourth-order valence-electron chi connectivity index (χ4n) is 5.56. The van der Waals surface area contributed by atoms with Gasteiger partial charge in [0, 0.05) is 0 Å². The van der Waals surface area contributed by atoms with Gasteiger partial charge in [-0.15, -0.1) is 0 Å². The van der Waals surface area contributed by atoms with Gasteiger partial charge in [-0.3, -0.25) is 0 Å². The van der Waals surface area contributed by atoms with Crippen LogP contribution >= 0.6 is 0 Å². The first-order valence-corrected chi connectivity index (χ1v) is 11.8. The predicted molar refractivity (Wildman–Crippen MR) is 119 cm³/mol. The molecule has 0 unspecified atom stereocenters. The molecule has 0 aliphatic heterocycles. The quantitative estimate of drug-likeness (QED) is 0.443. The lowest BCUT2D eigenvalue weighted by Crippen LogP contribution is -2.35. The molecule has 2 fully saturated rings. The van der Waals surface area contributed by atoms with Gasteiger partial charge in [0.2, 0.25) is 0 Å². The normalized spacial score (nSPS) is 19.9. The molecule has 0 atom stereocenters. The molecule has 0 spiro atoms. The van der Waals surface area contributed by atoms with Crippen LogP contribution in [0.5, 0.6) is 0 Å². The first kappa shape index (κ1) is 22.8. The van der Waals surface area contributed by atoms with Crippen LogP contribution in [0.3, 0.4) is 0 Å². The lowest BCUT2D eigenvalue weighted by Gasteiger charge is -2.32. The number of rotatable bonds is 8. The highest BCUT2D eigenvalue weighted by atomic mass is 16.6. The topological polar surface area (TPSA) is 52.6 Å². The van der Waals surface area contributed by atoms with E-state index in [1.165, 1.54) is 0 Å². The highest BCUT2D eigenvalue weighted by Crippen LogP contribution is 2.40. The standard InChI is InChI=1S/C26H38O4/c1-19(2)17-25(13-7-8-14-25)29-23(27)21-11-5-6-12-22(21)24(28)30-26(18-20(3)4)15-9-10-16-26/h5-6,11-12,19-20H,7-10,13-18H2,1-4H3. The number of carbonyl (C=O) groups excluding carboxylic acids is 2. The van der Waals surface area contributed by atoms with Crippen LogP contribution in [0.15, 0.2) is 24.3 Å². The van der Waals surface area contributed by atoms with Crippen LogP contribution in [0.4, 0.5) is 0 Å². The van der Waals surface area contributed by atoms with Gasteiger partial charge in [-0.1, -0.05) is 39.8 Å². The van der Waals surface area contributed by atoms with E-state index < -0.39 is 23.1 Å². The monoisotopic (exact) mass is 414 g/mol. The lowest BCUT2D eigenvalue weighted by molar-refractivity contribution is -0.0295. The fraction of sp³-hybridized carbons (Fsp3) is 0.692. The second kappa shape index (κ2) is 9.53. The van der Waals surface area contributed by atoms with Crippen molar-refractivity contribution >= 4 is 11.9 Å². The van der Waals surface area contributed by atoms with E-state index in [1.807, 2.05) is 0 Å². The van der Waals surface area contributed by atoms with Crippen molar-refractivity contribution in [2.24, 2.45) is 11.8 Å². The molecule has 1 aromatic carbocycles. The molecule has 0 aromatic heterocycles. The van der Waals surface area contributed by atoms with E-state index in [0.717, 1.165) is 64.2 Å². The fourth-order valence-corrected chi connectivity index (χ4v) is 5.56. The van der Waals surface area contributed by atoms with E-state index in [4.69, 9.17) is 9.47 Å². The molecule has 2 aliphatic carbocycles. The van der Waals surface area contributed by atoms with Crippen LogP contribution in [-0.4, -0.2) is 23.1 Å². The molecule has 1 aromatic rings. The van der Waals surface area contributed by atoms with Crippen LogP contribution in [0.2, 0.25) is 0 Å². The Morgan fingerprint density at radius 3 is 1.37 bits per heavy atom. The molecule has 4 nitrogen and oxygen atoms in total.